The summed E-state index contributed by atoms with van der Waals surface area (Å²) in [5, 5.41) is 9.00. The zero-order valence-corrected chi connectivity index (χ0v) is 8.27. The van der Waals surface area contributed by atoms with Crippen molar-refractivity contribution in [3.63, 3.8) is 0 Å². The van der Waals surface area contributed by atoms with E-state index in [1.165, 1.54) is 0 Å². The minimum Gasteiger partial charge on any atom is -0.480 e. The van der Waals surface area contributed by atoms with E-state index in [-0.39, 0.29) is 11.9 Å². The van der Waals surface area contributed by atoms with Crippen molar-refractivity contribution in [3.8, 4) is 0 Å². The zero-order chi connectivity index (χ0) is 10.3. The van der Waals surface area contributed by atoms with Gasteiger partial charge < -0.3 is 10.0 Å². The summed E-state index contributed by atoms with van der Waals surface area (Å²) in [7, 11) is 0. The van der Waals surface area contributed by atoms with Crippen molar-refractivity contribution in [2.75, 3.05) is 0 Å². The highest BCUT2D eigenvalue weighted by atomic mass is 16.4. The largest absolute Gasteiger partial charge is 0.480 e. The van der Waals surface area contributed by atoms with E-state index < -0.39 is 12.0 Å². The van der Waals surface area contributed by atoms with Gasteiger partial charge in [-0.2, -0.15) is 0 Å². The van der Waals surface area contributed by atoms with E-state index in [9.17, 15) is 9.59 Å². The summed E-state index contributed by atoms with van der Waals surface area (Å²) in [6, 6.07) is -0.386. The molecule has 1 amide bonds. The molecule has 2 saturated heterocycles. The molecule has 2 heterocycles. The van der Waals surface area contributed by atoms with Crippen LogP contribution in [0.1, 0.15) is 32.6 Å². The van der Waals surface area contributed by atoms with E-state index in [1.54, 1.807) is 4.90 Å². The Morgan fingerprint density at radius 2 is 2.14 bits per heavy atom. The summed E-state index contributed by atoms with van der Waals surface area (Å²) in [5.74, 6) is -0.372. The predicted molar refractivity (Wildman–Crippen MR) is 49.7 cm³/mol. The van der Waals surface area contributed by atoms with Gasteiger partial charge in [0.15, 0.2) is 0 Å². The van der Waals surface area contributed by atoms with Crippen molar-refractivity contribution in [2.24, 2.45) is 5.92 Å². The third kappa shape index (κ3) is 1.29. The molecule has 3 unspecified atom stereocenters. The molecule has 2 aliphatic heterocycles. The highest BCUT2D eigenvalue weighted by molar-refractivity contribution is 5.85. The van der Waals surface area contributed by atoms with Crippen LogP contribution in [0.3, 0.4) is 0 Å². The lowest BCUT2D eigenvalue weighted by Crippen LogP contribution is -2.52. The van der Waals surface area contributed by atoms with Gasteiger partial charge in [-0.15, -0.1) is 0 Å². The van der Waals surface area contributed by atoms with Crippen molar-refractivity contribution < 1.29 is 14.7 Å². The number of fused-ring (bicyclic) bond motifs is 1. The lowest BCUT2D eigenvalue weighted by molar-refractivity contribution is -0.152. The number of carboxylic acid groups (broad SMARTS) is 1. The molecule has 0 aromatic rings. The van der Waals surface area contributed by atoms with Crippen LogP contribution in [-0.4, -0.2) is 34.0 Å². The molecule has 2 fully saturated rings. The Morgan fingerprint density at radius 1 is 1.43 bits per heavy atom. The van der Waals surface area contributed by atoms with Gasteiger partial charge in [0.05, 0.1) is 0 Å². The number of carbonyl (C=O) groups is 2. The zero-order valence-electron chi connectivity index (χ0n) is 8.27. The van der Waals surface area contributed by atoms with E-state index in [2.05, 4.69) is 6.92 Å². The number of carbonyl (C=O) groups excluding carboxylic acids is 1. The summed E-state index contributed by atoms with van der Waals surface area (Å²) in [6.07, 6.45) is 2.90. The fourth-order valence-electron chi connectivity index (χ4n) is 2.68. The topological polar surface area (TPSA) is 57.6 Å². The number of piperidine rings is 1. The fourth-order valence-corrected chi connectivity index (χ4v) is 2.68. The van der Waals surface area contributed by atoms with Crippen molar-refractivity contribution in [1.29, 1.82) is 0 Å². The van der Waals surface area contributed by atoms with Crippen LogP contribution in [0.4, 0.5) is 0 Å². The Bertz CT molecular complexity index is 277. The standard InChI is InChI=1S/C10H15NO3/c1-6-2-3-8(10(13)14)11-7(6)4-5-9(11)12/h6-8H,2-5H2,1H3,(H,13,14). The Balaban J connectivity index is 2.23. The van der Waals surface area contributed by atoms with Crippen LogP contribution in [0, 0.1) is 5.92 Å². The van der Waals surface area contributed by atoms with Crippen molar-refractivity contribution in [2.45, 2.75) is 44.7 Å². The Morgan fingerprint density at radius 3 is 2.79 bits per heavy atom. The normalized spacial score (nSPS) is 37.1. The van der Waals surface area contributed by atoms with Crippen molar-refractivity contribution in [3.05, 3.63) is 0 Å². The smallest absolute Gasteiger partial charge is 0.326 e. The second kappa shape index (κ2) is 3.26. The number of nitrogens with zero attached hydrogens (tertiary/aromatic N) is 1. The summed E-state index contributed by atoms with van der Waals surface area (Å²) < 4.78 is 0. The first kappa shape index (κ1) is 9.49. The number of hydrogen-bond donors (Lipinski definition) is 1. The van der Waals surface area contributed by atoms with Gasteiger partial charge in [-0.05, 0) is 25.2 Å². The molecule has 78 valence electrons. The first-order valence-electron chi connectivity index (χ1n) is 5.15. The second-order valence-electron chi connectivity index (χ2n) is 4.32. The van der Waals surface area contributed by atoms with Gasteiger partial charge in [0.1, 0.15) is 6.04 Å². The quantitative estimate of drug-likeness (QED) is 0.678. The molecule has 0 saturated carbocycles. The number of amides is 1. The molecular formula is C10H15NO3. The maximum Gasteiger partial charge on any atom is 0.326 e. The maximum absolute atomic E-state index is 11.5. The van der Waals surface area contributed by atoms with Gasteiger partial charge in [0, 0.05) is 12.5 Å². The third-order valence-electron chi connectivity index (χ3n) is 3.47. The second-order valence-corrected chi connectivity index (χ2v) is 4.32. The Labute approximate surface area is 82.9 Å². The Hall–Kier alpha value is -1.06. The average Bonchev–Trinajstić information content (AvgIpc) is 2.50. The maximum atomic E-state index is 11.5. The van der Waals surface area contributed by atoms with Crippen molar-refractivity contribution >= 4 is 11.9 Å². The molecule has 2 rings (SSSR count). The van der Waals surface area contributed by atoms with Gasteiger partial charge in [0.25, 0.3) is 0 Å². The molecule has 3 atom stereocenters. The molecule has 0 aliphatic carbocycles. The lowest BCUT2D eigenvalue weighted by Gasteiger charge is -2.39. The van der Waals surface area contributed by atoms with Crippen LogP contribution in [0.15, 0.2) is 0 Å². The van der Waals surface area contributed by atoms with Crippen LogP contribution < -0.4 is 0 Å². The molecule has 14 heavy (non-hydrogen) atoms. The highest BCUT2D eigenvalue weighted by Gasteiger charge is 2.44. The van der Waals surface area contributed by atoms with Gasteiger partial charge in [-0.25, -0.2) is 4.79 Å². The van der Waals surface area contributed by atoms with Crippen molar-refractivity contribution in [1.82, 2.24) is 4.90 Å². The van der Waals surface area contributed by atoms with Gasteiger partial charge in [0.2, 0.25) is 5.91 Å². The van der Waals surface area contributed by atoms with Crippen LogP contribution in [0.2, 0.25) is 0 Å². The molecule has 0 radical (unpaired) electrons. The Kier molecular flexibility index (Phi) is 2.21. The van der Waals surface area contributed by atoms with E-state index in [4.69, 9.17) is 5.11 Å². The van der Waals surface area contributed by atoms with E-state index in [1.807, 2.05) is 0 Å². The molecule has 0 bridgehead atoms. The molecule has 0 aromatic carbocycles. The molecular weight excluding hydrogens is 182 g/mol. The van der Waals surface area contributed by atoms with Gasteiger partial charge >= 0.3 is 5.97 Å². The first-order chi connectivity index (χ1) is 6.61. The summed E-state index contributed by atoms with van der Waals surface area (Å²) in [6.45, 7) is 2.11. The highest BCUT2D eigenvalue weighted by Crippen LogP contribution is 2.35. The number of carboxylic acids is 1. The minimum atomic E-state index is -0.850. The van der Waals surface area contributed by atoms with Crippen LogP contribution >= 0.6 is 0 Å². The van der Waals surface area contributed by atoms with Gasteiger partial charge in [-0.1, -0.05) is 6.92 Å². The molecule has 1 N–H and O–H groups in total. The molecule has 0 spiro atoms. The third-order valence-corrected chi connectivity index (χ3v) is 3.47. The molecule has 0 aromatic heterocycles. The first-order valence-corrected chi connectivity index (χ1v) is 5.15. The monoisotopic (exact) mass is 197 g/mol. The lowest BCUT2D eigenvalue weighted by atomic mass is 9.87. The number of aliphatic carboxylic acids is 1. The van der Waals surface area contributed by atoms with E-state index in [0.717, 1.165) is 12.8 Å². The van der Waals surface area contributed by atoms with Crippen LogP contribution in [0.25, 0.3) is 0 Å². The summed E-state index contributed by atoms with van der Waals surface area (Å²) in [4.78, 5) is 24.1. The molecule has 4 nitrogen and oxygen atoms in total. The molecule has 4 heteroatoms. The van der Waals surface area contributed by atoms with Crippen LogP contribution in [0.5, 0.6) is 0 Å². The number of rotatable bonds is 1. The summed E-state index contributed by atoms with van der Waals surface area (Å²) in [5.41, 5.74) is 0. The van der Waals surface area contributed by atoms with E-state index in [0.29, 0.717) is 18.8 Å². The van der Waals surface area contributed by atoms with Gasteiger partial charge in [-0.3, -0.25) is 4.79 Å². The fraction of sp³-hybridized carbons (Fsp3) is 0.800. The minimum absolute atomic E-state index is 0.0222. The van der Waals surface area contributed by atoms with E-state index >= 15 is 0 Å². The average molecular weight is 197 g/mol. The number of hydrogen-bond acceptors (Lipinski definition) is 2. The molecule has 2 aliphatic rings. The SMILES string of the molecule is CC1CCC(C(=O)O)N2C(=O)CCC12. The van der Waals surface area contributed by atoms with Crippen LogP contribution in [-0.2, 0) is 9.59 Å². The predicted octanol–water partition coefficient (Wildman–Crippen LogP) is 0.861. The summed E-state index contributed by atoms with van der Waals surface area (Å²) >= 11 is 0.